The molecule has 0 aliphatic heterocycles. The highest BCUT2D eigenvalue weighted by atomic mass is 35.5. The predicted octanol–water partition coefficient (Wildman–Crippen LogP) is 3.04. The maximum Gasteiger partial charge on any atom is 0.257 e. The molecule has 0 aliphatic carbocycles. The quantitative estimate of drug-likeness (QED) is 0.712. The van der Waals surface area contributed by atoms with Gasteiger partial charge in [-0.05, 0) is 19.1 Å². The fourth-order valence-corrected chi connectivity index (χ4v) is 1.18. The lowest BCUT2D eigenvalue weighted by atomic mass is 10.2. The summed E-state index contributed by atoms with van der Waals surface area (Å²) in [4.78, 5) is 4.17. The Hall–Kier alpha value is -1.35. The Balaban J connectivity index is 2.34. The topological polar surface area (TPSA) is 38.9 Å². The third kappa shape index (κ3) is 1.77. The van der Waals surface area contributed by atoms with Crippen molar-refractivity contribution < 1.29 is 4.52 Å². The molecule has 0 spiro atoms. The largest absolute Gasteiger partial charge is 0.334 e. The van der Waals surface area contributed by atoms with Crippen LogP contribution >= 0.6 is 11.6 Å². The lowest BCUT2D eigenvalue weighted by Crippen LogP contribution is -1.86. The Morgan fingerprint density at radius 2 is 2.00 bits per heavy atom. The van der Waals surface area contributed by atoms with Crippen LogP contribution in [0.1, 0.15) is 18.1 Å². The molecule has 1 unspecified atom stereocenters. The van der Waals surface area contributed by atoms with Gasteiger partial charge in [0.15, 0.2) is 5.82 Å². The lowest BCUT2D eigenvalue weighted by molar-refractivity contribution is 0.422. The molecule has 0 N–H and O–H groups in total. The molecule has 72 valence electrons. The second-order valence-electron chi connectivity index (χ2n) is 2.94. The van der Waals surface area contributed by atoms with Crippen LogP contribution < -0.4 is 0 Å². The first-order valence-corrected chi connectivity index (χ1v) is 4.74. The molecule has 0 amide bonds. The molecule has 14 heavy (non-hydrogen) atoms. The van der Waals surface area contributed by atoms with Crippen LogP contribution in [-0.4, -0.2) is 10.1 Å². The van der Waals surface area contributed by atoms with Gasteiger partial charge in [-0.3, -0.25) is 0 Å². The standard InChI is InChI=1S/C10H9ClN2O/c1-7(11)9-12-10(14-13-9)8-5-3-2-4-6-8/h2-7H,1H3. The average molecular weight is 209 g/mol. The zero-order chi connectivity index (χ0) is 9.97. The van der Waals surface area contributed by atoms with Gasteiger partial charge in [0, 0.05) is 5.56 Å². The van der Waals surface area contributed by atoms with Crippen LogP contribution in [0.25, 0.3) is 11.5 Å². The first-order chi connectivity index (χ1) is 6.77. The molecule has 4 heteroatoms. The smallest absolute Gasteiger partial charge is 0.257 e. The molecule has 0 saturated carbocycles. The lowest BCUT2D eigenvalue weighted by Gasteiger charge is -1.91. The van der Waals surface area contributed by atoms with Gasteiger partial charge in [-0.25, -0.2) is 0 Å². The van der Waals surface area contributed by atoms with Crippen LogP contribution in [0.3, 0.4) is 0 Å². The van der Waals surface area contributed by atoms with Crippen LogP contribution in [0.15, 0.2) is 34.9 Å². The molecule has 1 atom stereocenters. The van der Waals surface area contributed by atoms with Gasteiger partial charge in [0.25, 0.3) is 5.89 Å². The number of alkyl halides is 1. The van der Waals surface area contributed by atoms with E-state index in [1.807, 2.05) is 30.3 Å². The molecule has 2 rings (SSSR count). The number of hydrogen-bond donors (Lipinski definition) is 0. The van der Waals surface area contributed by atoms with Crippen molar-refractivity contribution in [3.63, 3.8) is 0 Å². The van der Waals surface area contributed by atoms with Crippen LogP contribution in [0, 0.1) is 0 Å². The second kappa shape index (κ2) is 3.80. The number of rotatable bonds is 2. The van der Waals surface area contributed by atoms with Crippen LogP contribution in [0.2, 0.25) is 0 Å². The normalized spacial score (nSPS) is 12.7. The van der Waals surface area contributed by atoms with E-state index >= 15 is 0 Å². The van der Waals surface area contributed by atoms with Crippen molar-refractivity contribution in [1.82, 2.24) is 10.1 Å². The van der Waals surface area contributed by atoms with E-state index in [4.69, 9.17) is 16.1 Å². The third-order valence-electron chi connectivity index (χ3n) is 1.82. The Bertz CT molecular complexity index is 411. The maximum atomic E-state index is 5.82. The Labute approximate surface area is 86.7 Å². The fraction of sp³-hybridized carbons (Fsp3) is 0.200. The second-order valence-corrected chi connectivity index (χ2v) is 3.59. The van der Waals surface area contributed by atoms with Crippen molar-refractivity contribution in [1.29, 1.82) is 0 Å². The minimum atomic E-state index is -0.226. The van der Waals surface area contributed by atoms with Gasteiger partial charge in [-0.1, -0.05) is 23.4 Å². The molecule has 0 aliphatic rings. The molecule has 0 fully saturated rings. The molecule has 2 aromatic rings. The molecule has 1 heterocycles. The van der Waals surface area contributed by atoms with E-state index in [1.54, 1.807) is 6.92 Å². The van der Waals surface area contributed by atoms with Crippen molar-refractivity contribution in [2.45, 2.75) is 12.3 Å². The predicted molar refractivity (Wildman–Crippen MR) is 54.0 cm³/mol. The van der Waals surface area contributed by atoms with Crippen molar-refractivity contribution in [2.75, 3.05) is 0 Å². The molecule has 0 saturated heterocycles. The number of benzene rings is 1. The van der Waals surface area contributed by atoms with Crippen LogP contribution in [0.5, 0.6) is 0 Å². The van der Waals surface area contributed by atoms with E-state index in [1.165, 1.54) is 0 Å². The van der Waals surface area contributed by atoms with Crippen molar-refractivity contribution >= 4 is 11.6 Å². The molecular weight excluding hydrogens is 200 g/mol. The van der Waals surface area contributed by atoms with Crippen molar-refractivity contribution in [2.24, 2.45) is 0 Å². The first-order valence-electron chi connectivity index (χ1n) is 4.30. The highest BCUT2D eigenvalue weighted by molar-refractivity contribution is 6.20. The molecular formula is C10H9ClN2O. The monoisotopic (exact) mass is 208 g/mol. The van der Waals surface area contributed by atoms with Gasteiger partial charge in [-0.2, -0.15) is 4.98 Å². The van der Waals surface area contributed by atoms with Gasteiger partial charge >= 0.3 is 0 Å². The molecule has 1 aromatic heterocycles. The highest BCUT2D eigenvalue weighted by Crippen LogP contribution is 2.21. The summed E-state index contributed by atoms with van der Waals surface area (Å²) in [5.74, 6) is 1.03. The van der Waals surface area contributed by atoms with E-state index in [2.05, 4.69) is 10.1 Å². The Morgan fingerprint density at radius 3 is 2.57 bits per heavy atom. The minimum Gasteiger partial charge on any atom is -0.334 e. The summed E-state index contributed by atoms with van der Waals surface area (Å²) in [6.45, 7) is 1.81. The van der Waals surface area contributed by atoms with E-state index in [9.17, 15) is 0 Å². The minimum absolute atomic E-state index is 0.226. The number of halogens is 1. The number of nitrogens with zero attached hydrogens (tertiary/aromatic N) is 2. The Kier molecular flexibility index (Phi) is 2.50. The van der Waals surface area contributed by atoms with E-state index in [0.29, 0.717) is 11.7 Å². The van der Waals surface area contributed by atoms with E-state index in [-0.39, 0.29) is 5.38 Å². The van der Waals surface area contributed by atoms with E-state index < -0.39 is 0 Å². The summed E-state index contributed by atoms with van der Waals surface area (Å²) in [5.41, 5.74) is 0.906. The van der Waals surface area contributed by atoms with E-state index in [0.717, 1.165) is 5.56 Å². The summed E-state index contributed by atoms with van der Waals surface area (Å²) in [6, 6.07) is 9.60. The van der Waals surface area contributed by atoms with Gasteiger partial charge < -0.3 is 4.52 Å². The van der Waals surface area contributed by atoms with Gasteiger partial charge in [-0.15, -0.1) is 11.6 Å². The highest BCUT2D eigenvalue weighted by Gasteiger charge is 2.11. The zero-order valence-electron chi connectivity index (χ0n) is 7.64. The maximum absolute atomic E-state index is 5.82. The fourth-order valence-electron chi connectivity index (χ4n) is 1.09. The summed E-state index contributed by atoms with van der Waals surface area (Å²) < 4.78 is 5.07. The van der Waals surface area contributed by atoms with Crippen LogP contribution in [-0.2, 0) is 0 Å². The molecule has 0 bridgehead atoms. The summed E-state index contributed by atoms with van der Waals surface area (Å²) >= 11 is 5.82. The molecule has 0 radical (unpaired) electrons. The van der Waals surface area contributed by atoms with Gasteiger partial charge in [0.2, 0.25) is 0 Å². The third-order valence-corrected chi connectivity index (χ3v) is 2.01. The zero-order valence-corrected chi connectivity index (χ0v) is 8.40. The molecule has 3 nitrogen and oxygen atoms in total. The SMILES string of the molecule is CC(Cl)c1noc(-c2ccccc2)n1. The summed E-state index contributed by atoms with van der Waals surface area (Å²) in [6.07, 6.45) is 0. The summed E-state index contributed by atoms with van der Waals surface area (Å²) in [7, 11) is 0. The van der Waals surface area contributed by atoms with Crippen molar-refractivity contribution in [3.8, 4) is 11.5 Å². The van der Waals surface area contributed by atoms with Gasteiger partial charge in [0.1, 0.15) is 0 Å². The average Bonchev–Trinajstić information content (AvgIpc) is 2.68. The van der Waals surface area contributed by atoms with Gasteiger partial charge in [0.05, 0.1) is 5.38 Å². The number of hydrogen-bond acceptors (Lipinski definition) is 3. The molecule has 1 aromatic carbocycles. The van der Waals surface area contributed by atoms with Crippen molar-refractivity contribution in [3.05, 3.63) is 36.2 Å². The van der Waals surface area contributed by atoms with Crippen LogP contribution in [0.4, 0.5) is 0 Å². The Morgan fingerprint density at radius 1 is 1.29 bits per heavy atom. The summed E-state index contributed by atoms with van der Waals surface area (Å²) in [5, 5.41) is 3.55. The number of aromatic nitrogens is 2. The first kappa shape index (κ1) is 9.21.